The summed E-state index contributed by atoms with van der Waals surface area (Å²) in [4.78, 5) is 33.6. The van der Waals surface area contributed by atoms with Gasteiger partial charge in [0.1, 0.15) is 6.04 Å². The van der Waals surface area contributed by atoms with Gasteiger partial charge in [-0.3, -0.25) is 4.79 Å². The fraction of sp³-hybridized carbons (Fsp3) is 0.375. The highest BCUT2D eigenvalue weighted by atomic mass is 16.5. The fourth-order valence-electron chi connectivity index (χ4n) is 1.23. The van der Waals surface area contributed by atoms with E-state index in [9.17, 15) is 14.4 Å². The third-order valence-electron chi connectivity index (χ3n) is 1.93. The molecule has 0 aromatic rings. The number of carbonyl (C=O) groups excluding carboxylic acids is 2. The number of nitrogens with zero attached hydrogens (tertiary/aromatic N) is 1. The summed E-state index contributed by atoms with van der Waals surface area (Å²) in [6, 6.07) is -1.19. The molecule has 76 valence electrons. The second-order valence-electron chi connectivity index (χ2n) is 2.81. The Morgan fingerprint density at radius 1 is 1.64 bits per heavy atom. The third-order valence-corrected chi connectivity index (χ3v) is 1.93. The van der Waals surface area contributed by atoms with E-state index < -0.39 is 24.0 Å². The molecule has 0 aliphatic carbocycles. The lowest BCUT2D eigenvalue weighted by Gasteiger charge is -2.16. The summed E-state index contributed by atoms with van der Waals surface area (Å²) in [5.41, 5.74) is 0.0998. The molecular weight excluding hydrogens is 190 g/mol. The van der Waals surface area contributed by atoms with Crippen LogP contribution in [-0.2, 0) is 14.3 Å². The highest BCUT2D eigenvalue weighted by molar-refractivity contribution is 6.08. The number of amides is 2. The zero-order chi connectivity index (χ0) is 10.9. The summed E-state index contributed by atoms with van der Waals surface area (Å²) < 4.78 is 4.30. The quantitative estimate of drug-likeness (QED) is 0.600. The van der Waals surface area contributed by atoms with Gasteiger partial charge in [0.15, 0.2) is 0 Å². The molecule has 1 heterocycles. The van der Waals surface area contributed by atoms with Crippen molar-refractivity contribution >= 4 is 18.0 Å². The lowest BCUT2D eigenvalue weighted by Crippen LogP contribution is -2.42. The van der Waals surface area contributed by atoms with Gasteiger partial charge in [-0.25, -0.2) is 14.5 Å². The molecular formula is C8H9NO5. The van der Waals surface area contributed by atoms with Gasteiger partial charge < -0.3 is 9.84 Å². The number of rotatable bonds is 1. The molecule has 1 saturated heterocycles. The topological polar surface area (TPSA) is 83.9 Å². The first-order valence-electron chi connectivity index (χ1n) is 3.81. The maximum atomic E-state index is 11.3. The van der Waals surface area contributed by atoms with Crippen molar-refractivity contribution in [3.63, 3.8) is 0 Å². The molecule has 1 atom stereocenters. The van der Waals surface area contributed by atoms with Crippen molar-refractivity contribution in [3.8, 4) is 0 Å². The van der Waals surface area contributed by atoms with Crippen molar-refractivity contribution in [2.45, 2.75) is 12.5 Å². The monoisotopic (exact) mass is 199 g/mol. The van der Waals surface area contributed by atoms with Gasteiger partial charge in [0.2, 0.25) is 0 Å². The zero-order valence-electron chi connectivity index (χ0n) is 7.52. The highest BCUT2D eigenvalue weighted by Gasteiger charge is 2.43. The molecule has 1 aliphatic rings. The average Bonchev–Trinajstić information content (AvgIpc) is 2.43. The zero-order valence-corrected chi connectivity index (χ0v) is 7.52. The van der Waals surface area contributed by atoms with Crippen molar-refractivity contribution < 1.29 is 24.2 Å². The number of carboxylic acid groups (broad SMARTS) is 1. The summed E-state index contributed by atoms with van der Waals surface area (Å²) >= 11 is 0. The molecule has 0 aromatic heterocycles. The van der Waals surface area contributed by atoms with Crippen molar-refractivity contribution in [1.82, 2.24) is 4.90 Å². The second kappa shape index (κ2) is 3.49. The number of carbonyl (C=O) groups is 3. The normalized spacial score (nSPS) is 21.2. The Morgan fingerprint density at radius 2 is 2.21 bits per heavy atom. The van der Waals surface area contributed by atoms with E-state index in [0.29, 0.717) is 4.90 Å². The van der Waals surface area contributed by atoms with E-state index in [1.807, 2.05) is 0 Å². The summed E-state index contributed by atoms with van der Waals surface area (Å²) in [7, 11) is 1.08. The molecule has 14 heavy (non-hydrogen) atoms. The molecule has 0 spiro atoms. The van der Waals surface area contributed by atoms with Crippen molar-refractivity contribution in [1.29, 1.82) is 0 Å². The van der Waals surface area contributed by atoms with Crippen LogP contribution in [0.2, 0.25) is 0 Å². The van der Waals surface area contributed by atoms with Crippen LogP contribution < -0.4 is 0 Å². The number of aliphatic carboxylic acids is 1. The summed E-state index contributed by atoms with van der Waals surface area (Å²) in [6.07, 6.45) is -1.02. The van der Waals surface area contributed by atoms with E-state index >= 15 is 0 Å². The van der Waals surface area contributed by atoms with E-state index in [-0.39, 0.29) is 12.0 Å². The van der Waals surface area contributed by atoms with Crippen LogP contribution in [0.5, 0.6) is 0 Å². The van der Waals surface area contributed by atoms with E-state index in [0.717, 1.165) is 7.11 Å². The van der Waals surface area contributed by atoms with Gasteiger partial charge >= 0.3 is 12.1 Å². The molecule has 1 N–H and O–H groups in total. The van der Waals surface area contributed by atoms with Crippen LogP contribution in [0.15, 0.2) is 12.2 Å². The number of methoxy groups -OCH3 is 1. The number of ether oxygens (including phenoxy) is 1. The summed E-state index contributed by atoms with van der Waals surface area (Å²) in [5, 5.41) is 8.72. The average molecular weight is 199 g/mol. The minimum Gasteiger partial charge on any atom is -0.480 e. The molecule has 1 rings (SSSR count). The van der Waals surface area contributed by atoms with Crippen molar-refractivity contribution in [2.24, 2.45) is 0 Å². The molecule has 1 fully saturated rings. The minimum atomic E-state index is -1.25. The smallest absolute Gasteiger partial charge is 0.417 e. The molecule has 0 unspecified atom stereocenters. The predicted molar refractivity (Wildman–Crippen MR) is 44.4 cm³/mol. The Labute approximate surface area is 79.8 Å². The third kappa shape index (κ3) is 1.46. The summed E-state index contributed by atoms with van der Waals surface area (Å²) in [6.45, 7) is 3.37. The number of imide groups is 1. The van der Waals surface area contributed by atoms with E-state index in [2.05, 4.69) is 11.3 Å². The van der Waals surface area contributed by atoms with Crippen LogP contribution in [0.4, 0.5) is 4.79 Å². The standard InChI is InChI=1S/C8H9NO5/c1-4-3-5(7(11)12)9(6(4)10)8(13)14-2/h5H,1,3H2,2H3,(H,11,12)/t5-/m0/s1. The maximum Gasteiger partial charge on any atom is 0.417 e. The van der Waals surface area contributed by atoms with Gasteiger partial charge in [-0.2, -0.15) is 0 Å². The number of likely N-dealkylation sites (tertiary alicyclic amines) is 1. The molecule has 1 aliphatic heterocycles. The first-order chi connectivity index (χ1) is 6.49. The SMILES string of the molecule is C=C1C[C@@H](C(=O)O)N(C(=O)OC)C1=O. The second-order valence-corrected chi connectivity index (χ2v) is 2.81. The van der Waals surface area contributed by atoms with Gasteiger partial charge in [-0.15, -0.1) is 0 Å². The van der Waals surface area contributed by atoms with Gasteiger partial charge in [0, 0.05) is 12.0 Å². The lowest BCUT2D eigenvalue weighted by molar-refractivity contribution is -0.144. The van der Waals surface area contributed by atoms with Crippen LogP contribution in [0.3, 0.4) is 0 Å². The molecule has 2 amide bonds. The molecule has 0 saturated carbocycles. The Hall–Kier alpha value is -1.85. The van der Waals surface area contributed by atoms with Crippen LogP contribution in [0, 0.1) is 0 Å². The van der Waals surface area contributed by atoms with Crippen LogP contribution in [0.25, 0.3) is 0 Å². The maximum absolute atomic E-state index is 11.3. The van der Waals surface area contributed by atoms with Crippen LogP contribution >= 0.6 is 0 Å². The Kier molecular flexibility index (Phi) is 2.55. The molecule has 0 bridgehead atoms. The fourth-order valence-corrected chi connectivity index (χ4v) is 1.23. The molecule has 0 aromatic carbocycles. The van der Waals surface area contributed by atoms with Crippen molar-refractivity contribution in [3.05, 3.63) is 12.2 Å². The Balaban J connectivity index is 2.98. The summed E-state index contributed by atoms with van der Waals surface area (Å²) in [5.74, 6) is -1.94. The van der Waals surface area contributed by atoms with Gasteiger partial charge in [0.25, 0.3) is 5.91 Å². The van der Waals surface area contributed by atoms with E-state index in [4.69, 9.17) is 5.11 Å². The number of hydrogen-bond donors (Lipinski definition) is 1. The van der Waals surface area contributed by atoms with Gasteiger partial charge in [0.05, 0.1) is 7.11 Å². The molecule has 6 nitrogen and oxygen atoms in total. The largest absolute Gasteiger partial charge is 0.480 e. The van der Waals surface area contributed by atoms with Crippen LogP contribution in [0.1, 0.15) is 6.42 Å². The number of hydrogen-bond acceptors (Lipinski definition) is 4. The Bertz CT molecular complexity index is 322. The molecule has 0 radical (unpaired) electrons. The van der Waals surface area contributed by atoms with Gasteiger partial charge in [-0.1, -0.05) is 6.58 Å². The van der Waals surface area contributed by atoms with Gasteiger partial charge in [-0.05, 0) is 0 Å². The van der Waals surface area contributed by atoms with Crippen molar-refractivity contribution in [2.75, 3.05) is 7.11 Å². The Morgan fingerprint density at radius 3 is 2.64 bits per heavy atom. The lowest BCUT2D eigenvalue weighted by atomic mass is 10.2. The first kappa shape index (κ1) is 10.2. The van der Waals surface area contributed by atoms with E-state index in [1.165, 1.54) is 0 Å². The first-order valence-corrected chi connectivity index (χ1v) is 3.81. The number of carboxylic acids is 1. The van der Waals surface area contributed by atoms with Crippen LogP contribution in [-0.4, -0.2) is 41.1 Å². The van der Waals surface area contributed by atoms with E-state index in [1.54, 1.807) is 0 Å². The minimum absolute atomic E-state index is 0.0523. The highest BCUT2D eigenvalue weighted by Crippen LogP contribution is 2.23. The predicted octanol–water partition coefficient (Wildman–Crippen LogP) is -0.00550. The molecule has 6 heteroatoms.